The fourth-order valence-corrected chi connectivity index (χ4v) is 3.09. The highest BCUT2D eigenvalue weighted by Crippen LogP contribution is 2.17. The van der Waals surface area contributed by atoms with Crippen molar-refractivity contribution in [3.63, 3.8) is 0 Å². The molecule has 0 saturated heterocycles. The minimum atomic E-state index is -0.292. The van der Waals surface area contributed by atoms with Crippen molar-refractivity contribution in [3.05, 3.63) is 77.9 Å². The van der Waals surface area contributed by atoms with Crippen molar-refractivity contribution < 1.29 is 18.3 Å². The van der Waals surface area contributed by atoms with Crippen molar-refractivity contribution in [3.8, 4) is 5.95 Å². The zero-order valence-corrected chi connectivity index (χ0v) is 16.4. The van der Waals surface area contributed by atoms with Crippen LogP contribution in [0.2, 0.25) is 0 Å². The molecular weight excluding hydrogens is 393 g/mol. The maximum Gasteiger partial charge on any atom is 0.285 e. The van der Waals surface area contributed by atoms with E-state index in [-0.39, 0.29) is 18.3 Å². The van der Waals surface area contributed by atoms with Crippen LogP contribution in [0.3, 0.4) is 0 Å². The Morgan fingerprint density at radius 2 is 2.07 bits per heavy atom. The van der Waals surface area contributed by atoms with E-state index < -0.39 is 0 Å². The topological polar surface area (TPSA) is 76.7 Å². The number of hydrogen-bond acceptors (Lipinski definition) is 6. The Bertz CT molecular complexity index is 930. The molecule has 2 aromatic heterocycles. The standard InChI is InChI=1S/C21H20FN3O3S/c22-17-8-6-16(7-9-17)15-27-21-11-10-18(28-21)14-24-25-19(26)4-3-13-29-20-5-1-2-12-23-20/h1-2,5-12,14H,3-4,13,15H2,(H,25,26)/b24-14+. The maximum atomic E-state index is 12.9. The molecule has 0 aliphatic carbocycles. The summed E-state index contributed by atoms with van der Waals surface area (Å²) in [7, 11) is 0. The Balaban J connectivity index is 1.33. The molecule has 6 nitrogen and oxygen atoms in total. The number of aromatic nitrogens is 1. The summed E-state index contributed by atoms with van der Waals surface area (Å²) in [6.07, 6.45) is 4.26. The largest absolute Gasteiger partial charge is 0.460 e. The van der Waals surface area contributed by atoms with Gasteiger partial charge in [-0.15, -0.1) is 11.8 Å². The van der Waals surface area contributed by atoms with E-state index in [4.69, 9.17) is 9.15 Å². The van der Waals surface area contributed by atoms with E-state index in [0.717, 1.165) is 22.8 Å². The number of pyridine rings is 1. The molecule has 1 aromatic carbocycles. The van der Waals surface area contributed by atoms with Crippen LogP contribution in [0, 0.1) is 5.82 Å². The second-order valence-electron chi connectivity index (χ2n) is 5.99. The molecule has 3 aromatic rings. The summed E-state index contributed by atoms with van der Waals surface area (Å²) in [5.74, 6) is 1.11. The van der Waals surface area contributed by atoms with Crippen LogP contribution < -0.4 is 10.2 Å². The van der Waals surface area contributed by atoms with Crippen LogP contribution in [-0.2, 0) is 11.4 Å². The van der Waals surface area contributed by atoms with Gasteiger partial charge in [-0.2, -0.15) is 5.10 Å². The Kier molecular flexibility index (Phi) is 7.82. The van der Waals surface area contributed by atoms with Gasteiger partial charge in [0.1, 0.15) is 12.4 Å². The lowest BCUT2D eigenvalue weighted by molar-refractivity contribution is -0.121. The number of ether oxygens (including phenoxy) is 1. The maximum absolute atomic E-state index is 12.9. The van der Waals surface area contributed by atoms with Crippen LogP contribution in [0.1, 0.15) is 24.2 Å². The predicted octanol–water partition coefficient (Wildman–Crippen LogP) is 4.42. The van der Waals surface area contributed by atoms with Gasteiger partial charge in [0, 0.05) is 18.7 Å². The molecule has 0 aliphatic heterocycles. The van der Waals surface area contributed by atoms with Gasteiger partial charge in [0.2, 0.25) is 5.91 Å². The number of nitrogens with zero attached hydrogens (tertiary/aromatic N) is 2. The first-order valence-electron chi connectivity index (χ1n) is 9.02. The van der Waals surface area contributed by atoms with Gasteiger partial charge in [0.05, 0.1) is 11.2 Å². The predicted molar refractivity (Wildman–Crippen MR) is 109 cm³/mol. The van der Waals surface area contributed by atoms with Crippen LogP contribution in [0.25, 0.3) is 0 Å². The molecule has 0 spiro atoms. The van der Waals surface area contributed by atoms with Crippen molar-refractivity contribution in [2.75, 3.05) is 5.75 Å². The Morgan fingerprint density at radius 1 is 1.21 bits per heavy atom. The monoisotopic (exact) mass is 413 g/mol. The molecule has 1 N–H and O–H groups in total. The van der Waals surface area contributed by atoms with Crippen molar-refractivity contribution in [1.29, 1.82) is 0 Å². The average molecular weight is 413 g/mol. The van der Waals surface area contributed by atoms with Gasteiger partial charge in [0.25, 0.3) is 5.95 Å². The van der Waals surface area contributed by atoms with E-state index in [1.165, 1.54) is 18.3 Å². The van der Waals surface area contributed by atoms with Gasteiger partial charge >= 0.3 is 0 Å². The van der Waals surface area contributed by atoms with Gasteiger partial charge in [0.15, 0.2) is 5.76 Å². The summed E-state index contributed by atoms with van der Waals surface area (Å²) in [5, 5.41) is 4.83. The molecule has 0 aliphatic rings. The number of carbonyl (C=O) groups is 1. The minimum absolute atomic E-state index is 0.165. The van der Waals surface area contributed by atoms with Gasteiger partial charge in [-0.3, -0.25) is 4.79 Å². The number of furan rings is 1. The van der Waals surface area contributed by atoms with E-state index in [1.54, 1.807) is 42.2 Å². The first kappa shape index (κ1) is 20.6. The highest BCUT2D eigenvalue weighted by molar-refractivity contribution is 7.99. The quantitative estimate of drug-likeness (QED) is 0.231. The average Bonchev–Trinajstić information content (AvgIpc) is 3.19. The molecule has 0 unspecified atom stereocenters. The molecule has 2 heterocycles. The molecule has 0 saturated carbocycles. The van der Waals surface area contributed by atoms with Crippen LogP contribution in [0.5, 0.6) is 5.95 Å². The summed E-state index contributed by atoms with van der Waals surface area (Å²) in [6, 6.07) is 15.1. The van der Waals surface area contributed by atoms with Crippen molar-refractivity contribution in [2.24, 2.45) is 5.10 Å². The number of carbonyl (C=O) groups excluding carboxylic acids is 1. The van der Waals surface area contributed by atoms with Crippen molar-refractivity contribution in [1.82, 2.24) is 10.4 Å². The molecule has 1 amide bonds. The van der Waals surface area contributed by atoms with E-state index in [2.05, 4.69) is 15.5 Å². The highest BCUT2D eigenvalue weighted by Gasteiger charge is 2.04. The zero-order chi connectivity index (χ0) is 20.3. The molecule has 0 atom stereocenters. The van der Waals surface area contributed by atoms with E-state index in [0.29, 0.717) is 18.1 Å². The lowest BCUT2D eigenvalue weighted by Crippen LogP contribution is -2.17. The molecule has 8 heteroatoms. The third-order valence-corrected chi connectivity index (χ3v) is 4.74. The second kappa shape index (κ2) is 11.0. The van der Waals surface area contributed by atoms with E-state index in [9.17, 15) is 9.18 Å². The number of hydrogen-bond donors (Lipinski definition) is 1. The van der Waals surface area contributed by atoms with Gasteiger partial charge in [-0.25, -0.2) is 14.8 Å². The van der Waals surface area contributed by atoms with Gasteiger partial charge in [-0.1, -0.05) is 18.2 Å². The lowest BCUT2D eigenvalue weighted by atomic mass is 10.2. The van der Waals surface area contributed by atoms with Crippen molar-refractivity contribution >= 4 is 23.9 Å². The van der Waals surface area contributed by atoms with Gasteiger partial charge < -0.3 is 9.15 Å². The fourth-order valence-electron chi connectivity index (χ4n) is 2.28. The number of nitrogens with one attached hydrogen (secondary N) is 1. The number of halogens is 1. The number of rotatable bonds is 10. The van der Waals surface area contributed by atoms with Crippen LogP contribution in [-0.4, -0.2) is 22.9 Å². The lowest BCUT2D eigenvalue weighted by Gasteiger charge is -2.02. The minimum Gasteiger partial charge on any atom is -0.460 e. The molecule has 0 fully saturated rings. The summed E-state index contributed by atoms with van der Waals surface area (Å²) < 4.78 is 23.8. The van der Waals surface area contributed by atoms with E-state index in [1.807, 2.05) is 18.2 Å². The first-order valence-corrected chi connectivity index (χ1v) is 10.0. The Hall–Kier alpha value is -3.13. The SMILES string of the molecule is O=C(CCCSc1ccccn1)N/N=C/c1ccc(OCc2ccc(F)cc2)o1. The summed E-state index contributed by atoms with van der Waals surface area (Å²) in [6.45, 7) is 0.262. The van der Waals surface area contributed by atoms with Crippen LogP contribution in [0.15, 0.2) is 75.3 Å². The van der Waals surface area contributed by atoms with E-state index >= 15 is 0 Å². The Labute approximate surface area is 172 Å². The molecule has 0 radical (unpaired) electrons. The number of hydrazone groups is 1. The fraction of sp³-hybridized carbons (Fsp3) is 0.190. The van der Waals surface area contributed by atoms with Crippen LogP contribution in [0.4, 0.5) is 4.39 Å². The third kappa shape index (κ3) is 7.42. The molecule has 29 heavy (non-hydrogen) atoms. The van der Waals surface area contributed by atoms with Crippen molar-refractivity contribution in [2.45, 2.75) is 24.5 Å². The molecule has 0 bridgehead atoms. The number of amides is 1. The third-order valence-electron chi connectivity index (χ3n) is 3.71. The summed E-state index contributed by atoms with van der Waals surface area (Å²) >= 11 is 1.61. The number of thioether (sulfide) groups is 1. The van der Waals surface area contributed by atoms with Crippen LogP contribution >= 0.6 is 11.8 Å². The summed E-state index contributed by atoms with van der Waals surface area (Å²) in [4.78, 5) is 16.0. The number of benzene rings is 1. The second-order valence-corrected chi connectivity index (χ2v) is 7.10. The normalized spacial score (nSPS) is 10.9. The smallest absolute Gasteiger partial charge is 0.285 e. The Morgan fingerprint density at radius 3 is 2.86 bits per heavy atom. The zero-order valence-electron chi connectivity index (χ0n) is 15.6. The summed E-state index contributed by atoms with van der Waals surface area (Å²) in [5.41, 5.74) is 3.30. The molecule has 3 rings (SSSR count). The first-order chi connectivity index (χ1) is 14.2. The molecule has 150 valence electrons. The highest BCUT2D eigenvalue weighted by atomic mass is 32.2. The molecular formula is C21H20FN3O3S. The van der Waals surface area contributed by atoms with Gasteiger partial charge in [-0.05, 0) is 48.1 Å².